The van der Waals surface area contributed by atoms with Crippen LogP contribution in [-0.4, -0.2) is 16.6 Å². The summed E-state index contributed by atoms with van der Waals surface area (Å²) >= 11 is 12.5. The van der Waals surface area contributed by atoms with Crippen LogP contribution < -0.4 is 5.32 Å². The summed E-state index contributed by atoms with van der Waals surface area (Å²) in [6.45, 7) is 0. The minimum atomic E-state index is -0.0652. The zero-order chi connectivity index (χ0) is 19.5. The van der Waals surface area contributed by atoms with Crippen molar-refractivity contribution in [2.24, 2.45) is 0 Å². The van der Waals surface area contributed by atoms with E-state index in [2.05, 4.69) is 27.3 Å². The number of nitrogens with zero attached hydrogens (tertiary/aromatic N) is 1. The SMILES string of the molecule is O=C(CSc1ccc(Cl)cc1)Nc1ccc(Br)cc1-c1nc2ccccc2s1. The Balaban J connectivity index is 1.54. The number of para-hydroxylation sites is 1. The van der Waals surface area contributed by atoms with Crippen molar-refractivity contribution in [1.29, 1.82) is 0 Å². The molecule has 0 bridgehead atoms. The molecule has 0 spiro atoms. The van der Waals surface area contributed by atoms with Crippen molar-refractivity contribution < 1.29 is 4.79 Å². The molecule has 140 valence electrons. The van der Waals surface area contributed by atoms with Crippen LogP contribution in [0.15, 0.2) is 76.1 Å². The first-order chi connectivity index (χ1) is 13.6. The summed E-state index contributed by atoms with van der Waals surface area (Å²) in [6.07, 6.45) is 0. The first kappa shape index (κ1) is 19.5. The van der Waals surface area contributed by atoms with Crippen LogP contribution in [0.3, 0.4) is 0 Å². The van der Waals surface area contributed by atoms with Gasteiger partial charge in [0, 0.05) is 20.0 Å². The normalized spacial score (nSPS) is 10.9. The predicted octanol–water partition coefficient (Wildman–Crippen LogP) is 7.11. The maximum Gasteiger partial charge on any atom is 0.234 e. The molecule has 0 saturated carbocycles. The minimum Gasteiger partial charge on any atom is -0.325 e. The molecule has 0 fully saturated rings. The molecule has 7 heteroatoms. The highest BCUT2D eigenvalue weighted by Gasteiger charge is 2.13. The Morgan fingerprint density at radius 2 is 1.89 bits per heavy atom. The number of halogens is 2. The van der Waals surface area contributed by atoms with E-state index in [-0.39, 0.29) is 5.91 Å². The maximum absolute atomic E-state index is 12.5. The largest absolute Gasteiger partial charge is 0.325 e. The van der Waals surface area contributed by atoms with Gasteiger partial charge in [0.1, 0.15) is 5.01 Å². The van der Waals surface area contributed by atoms with E-state index >= 15 is 0 Å². The molecule has 4 aromatic rings. The van der Waals surface area contributed by atoms with Crippen molar-refractivity contribution in [1.82, 2.24) is 4.98 Å². The average Bonchev–Trinajstić information content (AvgIpc) is 3.13. The molecule has 0 radical (unpaired) electrons. The van der Waals surface area contributed by atoms with Gasteiger partial charge in [-0.25, -0.2) is 4.98 Å². The summed E-state index contributed by atoms with van der Waals surface area (Å²) in [6, 6.07) is 21.3. The fourth-order valence-corrected chi connectivity index (χ4v) is 4.84. The molecule has 1 aromatic heterocycles. The molecule has 3 nitrogen and oxygen atoms in total. The van der Waals surface area contributed by atoms with Crippen LogP contribution in [0.1, 0.15) is 0 Å². The summed E-state index contributed by atoms with van der Waals surface area (Å²) < 4.78 is 2.06. The van der Waals surface area contributed by atoms with Crippen LogP contribution in [0.5, 0.6) is 0 Å². The van der Waals surface area contributed by atoms with Gasteiger partial charge in [-0.05, 0) is 54.6 Å². The Morgan fingerprint density at radius 1 is 1.11 bits per heavy atom. The molecule has 0 aliphatic heterocycles. The molecule has 0 aliphatic rings. The molecule has 1 amide bonds. The number of anilines is 1. The molecule has 0 aliphatic carbocycles. The molecule has 28 heavy (non-hydrogen) atoms. The highest BCUT2D eigenvalue weighted by atomic mass is 79.9. The monoisotopic (exact) mass is 488 g/mol. The minimum absolute atomic E-state index is 0.0652. The van der Waals surface area contributed by atoms with Gasteiger partial charge in [-0.3, -0.25) is 4.79 Å². The Kier molecular flexibility index (Phi) is 6.01. The third-order valence-corrected chi connectivity index (χ3v) is 6.79. The number of fused-ring (bicyclic) bond motifs is 1. The molecule has 3 aromatic carbocycles. The van der Waals surface area contributed by atoms with Crippen molar-refractivity contribution in [2.75, 3.05) is 11.1 Å². The lowest BCUT2D eigenvalue weighted by Crippen LogP contribution is -2.14. The Hall–Kier alpha value is -1.86. The van der Waals surface area contributed by atoms with Crippen LogP contribution in [0, 0.1) is 0 Å². The quantitative estimate of drug-likeness (QED) is 0.304. The molecule has 0 atom stereocenters. The summed E-state index contributed by atoms with van der Waals surface area (Å²) in [5, 5.41) is 4.58. The fourth-order valence-electron chi connectivity index (χ4n) is 2.66. The Labute approximate surface area is 184 Å². The molecular formula is C21H14BrClN2OS2. The fraction of sp³-hybridized carbons (Fsp3) is 0.0476. The molecule has 4 rings (SSSR count). The number of amides is 1. The second kappa shape index (κ2) is 8.66. The van der Waals surface area contributed by atoms with Gasteiger partial charge in [0.15, 0.2) is 0 Å². The van der Waals surface area contributed by atoms with E-state index in [4.69, 9.17) is 16.6 Å². The van der Waals surface area contributed by atoms with Gasteiger partial charge in [-0.15, -0.1) is 23.1 Å². The van der Waals surface area contributed by atoms with E-state index in [1.165, 1.54) is 11.8 Å². The van der Waals surface area contributed by atoms with E-state index in [9.17, 15) is 4.79 Å². The number of aromatic nitrogens is 1. The highest BCUT2D eigenvalue weighted by Crippen LogP contribution is 2.36. The lowest BCUT2D eigenvalue weighted by Gasteiger charge is -2.10. The van der Waals surface area contributed by atoms with Crippen molar-refractivity contribution in [3.8, 4) is 10.6 Å². The lowest BCUT2D eigenvalue weighted by molar-refractivity contribution is -0.113. The van der Waals surface area contributed by atoms with E-state index in [0.717, 1.165) is 35.8 Å². The summed E-state index contributed by atoms with van der Waals surface area (Å²) in [5.41, 5.74) is 2.61. The van der Waals surface area contributed by atoms with E-state index in [1.54, 1.807) is 11.3 Å². The van der Waals surface area contributed by atoms with Gasteiger partial charge >= 0.3 is 0 Å². The van der Waals surface area contributed by atoms with Crippen LogP contribution in [0.2, 0.25) is 5.02 Å². The first-order valence-electron chi connectivity index (χ1n) is 8.42. The smallest absolute Gasteiger partial charge is 0.234 e. The second-order valence-electron chi connectivity index (χ2n) is 5.97. The van der Waals surface area contributed by atoms with Gasteiger partial charge in [-0.2, -0.15) is 0 Å². The molecule has 0 unspecified atom stereocenters. The van der Waals surface area contributed by atoms with Crippen molar-refractivity contribution in [3.05, 3.63) is 76.2 Å². The van der Waals surface area contributed by atoms with E-state index < -0.39 is 0 Å². The van der Waals surface area contributed by atoms with E-state index in [0.29, 0.717) is 10.8 Å². The van der Waals surface area contributed by atoms with Gasteiger partial charge in [0.25, 0.3) is 0 Å². The second-order valence-corrected chi connectivity index (χ2v) is 9.40. The van der Waals surface area contributed by atoms with Crippen molar-refractivity contribution in [3.63, 3.8) is 0 Å². The third kappa shape index (κ3) is 4.58. The van der Waals surface area contributed by atoms with Crippen LogP contribution >= 0.6 is 50.6 Å². The highest BCUT2D eigenvalue weighted by molar-refractivity contribution is 9.10. The molecular weight excluding hydrogens is 476 g/mol. The number of thioether (sulfide) groups is 1. The molecule has 1 heterocycles. The summed E-state index contributed by atoms with van der Waals surface area (Å²) in [4.78, 5) is 18.2. The number of rotatable bonds is 5. The number of thiazole rings is 1. The molecule has 0 saturated heterocycles. The van der Waals surface area contributed by atoms with Crippen LogP contribution in [0.4, 0.5) is 5.69 Å². The van der Waals surface area contributed by atoms with Crippen LogP contribution in [-0.2, 0) is 4.79 Å². The lowest BCUT2D eigenvalue weighted by atomic mass is 10.2. The average molecular weight is 490 g/mol. The van der Waals surface area contributed by atoms with Gasteiger partial charge in [0.05, 0.1) is 21.7 Å². The zero-order valence-electron chi connectivity index (χ0n) is 14.5. The molecule has 1 N–H and O–H groups in total. The number of benzene rings is 3. The van der Waals surface area contributed by atoms with Crippen molar-refractivity contribution >= 4 is 72.4 Å². The maximum atomic E-state index is 12.5. The summed E-state index contributed by atoms with van der Waals surface area (Å²) in [7, 11) is 0. The van der Waals surface area contributed by atoms with Crippen LogP contribution in [0.25, 0.3) is 20.8 Å². The predicted molar refractivity (Wildman–Crippen MR) is 124 cm³/mol. The third-order valence-electron chi connectivity index (χ3n) is 3.96. The van der Waals surface area contributed by atoms with Gasteiger partial charge in [-0.1, -0.05) is 39.7 Å². The standard InChI is InChI=1S/C21H14BrClN2OS2/c22-13-5-10-17(24-20(26)12-27-15-8-6-14(23)7-9-15)16(11-13)21-25-18-3-1-2-4-19(18)28-21/h1-11H,12H2,(H,24,26). The zero-order valence-corrected chi connectivity index (χ0v) is 18.5. The van der Waals surface area contributed by atoms with Crippen molar-refractivity contribution in [2.45, 2.75) is 4.90 Å². The first-order valence-corrected chi connectivity index (χ1v) is 11.4. The number of nitrogens with one attached hydrogen (secondary N) is 1. The number of hydrogen-bond acceptors (Lipinski definition) is 4. The van der Waals surface area contributed by atoms with Gasteiger partial charge in [0.2, 0.25) is 5.91 Å². The number of hydrogen-bond donors (Lipinski definition) is 1. The Morgan fingerprint density at radius 3 is 2.68 bits per heavy atom. The topological polar surface area (TPSA) is 42.0 Å². The number of carbonyl (C=O) groups excluding carboxylic acids is 1. The number of carbonyl (C=O) groups is 1. The van der Waals surface area contributed by atoms with E-state index in [1.807, 2.05) is 60.7 Å². The Bertz CT molecular complexity index is 1110. The summed E-state index contributed by atoms with van der Waals surface area (Å²) in [5.74, 6) is 0.251. The van der Waals surface area contributed by atoms with Gasteiger partial charge < -0.3 is 5.32 Å².